The van der Waals surface area contributed by atoms with E-state index in [2.05, 4.69) is 20.8 Å². The Kier molecular flexibility index (Phi) is 3.20. The van der Waals surface area contributed by atoms with Crippen molar-refractivity contribution in [1.29, 1.82) is 0 Å². The predicted octanol–water partition coefficient (Wildman–Crippen LogP) is 2.29. The Bertz CT molecular complexity index is 291. The fraction of sp³-hybridized carbons (Fsp3) is 0.250. The van der Waals surface area contributed by atoms with Gasteiger partial charge in [-0.05, 0) is 24.6 Å². The zero-order valence-corrected chi connectivity index (χ0v) is 8.19. The Morgan fingerprint density at radius 3 is 2.83 bits per heavy atom. The minimum absolute atomic E-state index is 0.0894. The largest absolute Gasteiger partial charge is 0.300 e. The van der Waals surface area contributed by atoms with Crippen LogP contribution in [-0.2, 0) is 11.4 Å². The molecule has 0 saturated carbocycles. The van der Waals surface area contributed by atoms with Gasteiger partial charge in [0.2, 0.25) is 0 Å². The molecule has 0 aromatic heterocycles. The fourth-order valence-electron chi connectivity index (χ4n) is 0.990. The van der Waals surface area contributed by atoms with Gasteiger partial charge >= 0.3 is 0 Å². The summed E-state index contributed by atoms with van der Waals surface area (Å²) < 4.78 is 14.0. The minimum Gasteiger partial charge on any atom is -0.300 e. The summed E-state index contributed by atoms with van der Waals surface area (Å²) in [6, 6.07) is 3.35. The van der Waals surface area contributed by atoms with E-state index in [1.165, 1.54) is 0 Å². The molecule has 4 heteroatoms. The van der Waals surface area contributed by atoms with Crippen LogP contribution < -0.4 is 5.90 Å². The van der Waals surface area contributed by atoms with Crippen LogP contribution in [0.3, 0.4) is 0 Å². The number of hydrogen-bond donors (Lipinski definition) is 1. The Morgan fingerprint density at radius 2 is 2.25 bits per heavy atom. The SMILES string of the molecule is Cc1cc(Br)cc(CON)c1F. The molecule has 1 aromatic rings. The number of benzene rings is 1. The normalized spacial score (nSPS) is 10.3. The second-order valence-corrected chi connectivity index (χ2v) is 3.42. The third kappa shape index (κ3) is 2.03. The topological polar surface area (TPSA) is 35.2 Å². The van der Waals surface area contributed by atoms with Gasteiger partial charge in [0.05, 0.1) is 6.61 Å². The molecule has 0 bridgehead atoms. The van der Waals surface area contributed by atoms with Crippen molar-refractivity contribution in [2.24, 2.45) is 5.90 Å². The molecule has 0 aliphatic rings. The summed E-state index contributed by atoms with van der Waals surface area (Å²) in [7, 11) is 0. The zero-order valence-electron chi connectivity index (χ0n) is 6.60. The number of nitrogens with two attached hydrogens (primary N) is 1. The second kappa shape index (κ2) is 3.98. The van der Waals surface area contributed by atoms with Crippen molar-refractivity contribution in [3.05, 3.63) is 33.5 Å². The number of aryl methyl sites for hydroxylation is 1. The van der Waals surface area contributed by atoms with Crippen LogP contribution in [0, 0.1) is 12.7 Å². The fourth-order valence-corrected chi connectivity index (χ4v) is 1.61. The van der Waals surface area contributed by atoms with E-state index >= 15 is 0 Å². The average molecular weight is 234 g/mol. The molecule has 2 N–H and O–H groups in total. The first kappa shape index (κ1) is 9.64. The van der Waals surface area contributed by atoms with Gasteiger partial charge in [0.1, 0.15) is 5.82 Å². The van der Waals surface area contributed by atoms with Crippen LogP contribution in [-0.4, -0.2) is 0 Å². The van der Waals surface area contributed by atoms with Crippen molar-refractivity contribution in [2.75, 3.05) is 0 Å². The van der Waals surface area contributed by atoms with Crippen molar-refractivity contribution in [1.82, 2.24) is 0 Å². The van der Waals surface area contributed by atoms with Gasteiger partial charge in [0, 0.05) is 10.0 Å². The van der Waals surface area contributed by atoms with Crippen LogP contribution >= 0.6 is 15.9 Å². The summed E-state index contributed by atoms with van der Waals surface area (Å²) in [6.07, 6.45) is 0. The van der Waals surface area contributed by atoms with E-state index < -0.39 is 0 Å². The highest BCUT2D eigenvalue weighted by Gasteiger charge is 2.06. The molecular weight excluding hydrogens is 225 g/mol. The first-order chi connectivity index (χ1) is 5.65. The van der Waals surface area contributed by atoms with Gasteiger partial charge in [0.25, 0.3) is 0 Å². The highest BCUT2D eigenvalue weighted by molar-refractivity contribution is 9.10. The summed E-state index contributed by atoms with van der Waals surface area (Å²) in [6.45, 7) is 1.78. The van der Waals surface area contributed by atoms with Gasteiger partial charge in [-0.1, -0.05) is 15.9 Å². The second-order valence-electron chi connectivity index (χ2n) is 2.51. The monoisotopic (exact) mass is 233 g/mol. The van der Waals surface area contributed by atoms with Gasteiger partial charge in [-0.25, -0.2) is 10.3 Å². The summed E-state index contributed by atoms with van der Waals surface area (Å²) in [5, 5.41) is 0. The maximum absolute atomic E-state index is 13.2. The van der Waals surface area contributed by atoms with Crippen molar-refractivity contribution < 1.29 is 9.23 Å². The molecule has 0 atom stereocenters. The van der Waals surface area contributed by atoms with Crippen LogP contribution in [0.15, 0.2) is 16.6 Å². The Hall–Kier alpha value is -0.450. The maximum Gasteiger partial charge on any atom is 0.131 e. The van der Waals surface area contributed by atoms with E-state index in [0.717, 1.165) is 4.47 Å². The molecule has 66 valence electrons. The molecule has 0 aliphatic carbocycles. The van der Waals surface area contributed by atoms with Crippen LogP contribution in [0.4, 0.5) is 4.39 Å². The highest BCUT2D eigenvalue weighted by atomic mass is 79.9. The quantitative estimate of drug-likeness (QED) is 0.796. The Morgan fingerprint density at radius 1 is 1.58 bits per heavy atom. The molecule has 1 rings (SSSR count). The number of halogens is 2. The molecule has 0 radical (unpaired) electrons. The van der Waals surface area contributed by atoms with E-state index in [1.807, 2.05) is 0 Å². The summed E-state index contributed by atoms with van der Waals surface area (Å²) >= 11 is 3.25. The first-order valence-corrected chi connectivity index (χ1v) is 4.20. The maximum atomic E-state index is 13.2. The number of hydrogen-bond acceptors (Lipinski definition) is 2. The molecule has 0 aliphatic heterocycles. The van der Waals surface area contributed by atoms with Crippen LogP contribution in [0.2, 0.25) is 0 Å². The lowest BCUT2D eigenvalue weighted by Gasteiger charge is -2.04. The Balaban J connectivity index is 3.09. The molecule has 0 saturated heterocycles. The lowest BCUT2D eigenvalue weighted by Crippen LogP contribution is -2.02. The van der Waals surface area contributed by atoms with Gasteiger partial charge in [0.15, 0.2) is 0 Å². The van der Waals surface area contributed by atoms with Gasteiger partial charge in [-0.15, -0.1) is 0 Å². The molecule has 12 heavy (non-hydrogen) atoms. The third-order valence-corrected chi connectivity index (χ3v) is 1.99. The molecule has 0 spiro atoms. The Labute approximate surface area is 78.6 Å². The van der Waals surface area contributed by atoms with Crippen molar-refractivity contribution in [2.45, 2.75) is 13.5 Å². The van der Waals surface area contributed by atoms with E-state index in [-0.39, 0.29) is 12.4 Å². The highest BCUT2D eigenvalue weighted by Crippen LogP contribution is 2.19. The molecule has 2 nitrogen and oxygen atoms in total. The van der Waals surface area contributed by atoms with Crippen LogP contribution in [0.1, 0.15) is 11.1 Å². The number of rotatable bonds is 2. The molecule has 0 unspecified atom stereocenters. The van der Waals surface area contributed by atoms with Gasteiger partial charge < -0.3 is 0 Å². The minimum atomic E-state index is -0.261. The zero-order chi connectivity index (χ0) is 9.14. The van der Waals surface area contributed by atoms with Gasteiger partial charge in [-0.2, -0.15) is 0 Å². The third-order valence-electron chi connectivity index (χ3n) is 1.53. The van der Waals surface area contributed by atoms with Crippen LogP contribution in [0.25, 0.3) is 0 Å². The molecule has 0 amide bonds. The lowest BCUT2D eigenvalue weighted by molar-refractivity contribution is 0.121. The average Bonchev–Trinajstić information content (AvgIpc) is 2.00. The molecular formula is C8H9BrFNO. The molecule has 0 fully saturated rings. The van der Waals surface area contributed by atoms with E-state index in [9.17, 15) is 4.39 Å². The van der Waals surface area contributed by atoms with E-state index in [1.54, 1.807) is 19.1 Å². The summed E-state index contributed by atoms with van der Waals surface area (Å²) in [4.78, 5) is 4.36. The standard InChI is InChI=1S/C8H9BrFNO/c1-5-2-7(9)3-6(4-12-11)8(5)10/h2-3H,4,11H2,1H3. The van der Waals surface area contributed by atoms with E-state index in [4.69, 9.17) is 5.90 Å². The summed E-state index contributed by atoms with van der Waals surface area (Å²) in [5.41, 5.74) is 1.04. The molecule has 0 heterocycles. The van der Waals surface area contributed by atoms with E-state index in [0.29, 0.717) is 11.1 Å². The lowest BCUT2D eigenvalue weighted by atomic mass is 10.1. The molecule has 1 aromatic carbocycles. The predicted molar refractivity (Wildman–Crippen MR) is 47.8 cm³/mol. The summed E-state index contributed by atoms with van der Waals surface area (Å²) in [5.74, 6) is 4.59. The van der Waals surface area contributed by atoms with Crippen LogP contribution in [0.5, 0.6) is 0 Å². The van der Waals surface area contributed by atoms with Crippen molar-refractivity contribution >= 4 is 15.9 Å². The van der Waals surface area contributed by atoms with Crippen molar-refractivity contribution in [3.8, 4) is 0 Å². The van der Waals surface area contributed by atoms with Gasteiger partial charge in [-0.3, -0.25) is 4.84 Å². The van der Waals surface area contributed by atoms with Crippen molar-refractivity contribution in [3.63, 3.8) is 0 Å². The smallest absolute Gasteiger partial charge is 0.131 e. The first-order valence-electron chi connectivity index (χ1n) is 3.41.